The van der Waals surface area contributed by atoms with Crippen LogP contribution in [-0.4, -0.2) is 23.3 Å². The van der Waals surface area contributed by atoms with Gasteiger partial charge in [0.15, 0.2) is 0 Å². The fourth-order valence-electron chi connectivity index (χ4n) is 4.52. The van der Waals surface area contributed by atoms with Crippen LogP contribution in [0.1, 0.15) is 44.0 Å². The first-order chi connectivity index (χ1) is 8.07. The smallest absolute Gasteiger partial charge is 0.0570 e. The highest BCUT2D eigenvalue weighted by atomic mass is 16.3. The standard InChI is InChI=1S/C12H20O2/c13-7-11-2-9-1-10(4-11)5-12(3-9,6-11)8-14/h9-10,13-14H,1-8H2/i7D2,8D2. The Balaban J connectivity index is 2.03. The van der Waals surface area contributed by atoms with Crippen molar-refractivity contribution in [2.75, 3.05) is 13.1 Å². The summed E-state index contributed by atoms with van der Waals surface area (Å²) in [7, 11) is 0. The number of hydrogen-bond acceptors (Lipinski definition) is 2. The maximum Gasteiger partial charge on any atom is 0.0570 e. The van der Waals surface area contributed by atoms with Crippen molar-refractivity contribution in [3.05, 3.63) is 0 Å². The van der Waals surface area contributed by atoms with E-state index < -0.39 is 23.9 Å². The molecule has 0 spiro atoms. The summed E-state index contributed by atoms with van der Waals surface area (Å²) >= 11 is 0. The maximum absolute atomic E-state index is 9.89. The molecule has 4 aliphatic rings. The molecule has 4 fully saturated rings. The van der Waals surface area contributed by atoms with Crippen molar-refractivity contribution in [1.82, 2.24) is 0 Å². The zero-order valence-electron chi connectivity index (χ0n) is 12.3. The highest BCUT2D eigenvalue weighted by Gasteiger charge is 2.56. The minimum absolute atomic E-state index is 0.246. The third kappa shape index (κ3) is 1.10. The Labute approximate surface area is 90.9 Å². The average molecular weight is 200 g/mol. The molecule has 4 bridgehead atoms. The lowest BCUT2D eigenvalue weighted by atomic mass is 9.44. The van der Waals surface area contributed by atoms with Gasteiger partial charge in [0.2, 0.25) is 0 Å². The van der Waals surface area contributed by atoms with Gasteiger partial charge in [-0.25, -0.2) is 0 Å². The van der Waals surface area contributed by atoms with Crippen LogP contribution in [0.25, 0.3) is 0 Å². The molecule has 0 aliphatic heterocycles. The second kappa shape index (κ2) is 2.73. The molecule has 80 valence electrons. The predicted octanol–water partition coefficient (Wildman–Crippen LogP) is 1.56. The van der Waals surface area contributed by atoms with E-state index in [0.717, 1.165) is 6.42 Å². The lowest BCUT2D eigenvalue weighted by Crippen LogP contribution is -2.54. The first-order valence-corrected chi connectivity index (χ1v) is 5.52. The van der Waals surface area contributed by atoms with Gasteiger partial charge in [-0.15, -0.1) is 0 Å². The molecule has 0 aromatic heterocycles. The van der Waals surface area contributed by atoms with E-state index in [1.165, 1.54) is 0 Å². The van der Waals surface area contributed by atoms with Crippen LogP contribution in [-0.2, 0) is 0 Å². The predicted molar refractivity (Wildman–Crippen MR) is 53.7 cm³/mol. The Morgan fingerprint density at radius 1 is 1.00 bits per heavy atom. The molecule has 2 nitrogen and oxygen atoms in total. The summed E-state index contributed by atoms with van der Waals surface area (Å²) in [5.74, 6) is 0.492. The van der Waals surface area contributed by atoms with Crippen molar-refractivity contribution < 1.29 is 15.7 Å². The molecule has 0 aromatic rings. The molecule has 4 rings (SSSR count). The third-order valence-electron chi connectivity index (χ3n) is 4.54. The van der Waals surface area contributed by atoms with E-state index in [1.807, 2.05) is 0 Å². The quantitative estimate of drug-likeness (QED) is 0.710. The number of rotatable bonds is 2. The first kappa shape index (κ1) is 5.86. The lowest BCUT2D eigenvalue weighted by Gasteiger charge is -2.61. The normalized spacial score (nSPS) is 61.6. The van der Waals surface area contributed by atoms with Crippen molar-refractivity contribution in [2.45, 2.75) is 38.5 Å². The van der Waals surface area contributed by atoms with E-state index in [4.69, 9.17) is 5.48 Å². The van der Waals surface area contributed by atoms with Crippen LogP contribution in [0.3, 0.4) is 0 Å². The summed E-state index contributed by atoms with van der Waals surface area (Å²) in [6.45, 7) is -4.55. The van der Waals surface area contributed by atoms with Crippen LogP contribution in [0.15, 0.2) is 0 Å². The Bertz CT molecular complexity index is 325. The van der Waals surface area contributed by atoms with Gasteiger partial charge in [-0.1, -0.05) is 0 Å². The summed E-state index contributed by atoms with van der Waals surface area (Å²) in [6.07, 6.45) is 3.78. The molecule has 4 saturated carbocycles. The minimum Gasteiger partial charge on any atom is -0.396 e. The molecular weight excluding hydrogens is 176 g/mol. The SMILES string of the molecule is [2H]C([2H])(O)C12CC3CC(C1)CC(C([2H])([2H])O)(C3)C2. The summed E-state index contributed by atoms with van der Waals surface area (Å²) in [6, 6.07) is 0. The van der Waals surface area contributed by atoms with Gasteiger partial charge in [-0.2, -0.15) is 0 Å². The molecule has 0 saturated heterocycles. The van der Waals surface area contributed by atoms with Crippen molar-refractivity contribution >= 4 is 0 Å². The van der Waals surface area contributed by atoms with Gasteiger partial charge in [-0.3, -0.25) is 0 Å². The van der Waals surface area contributed by atoms with Gasteiger partial charge in [-0.05, 0) is 61.2 Å². The van der Waals surface area contributed by atoms with E-state index in [9.17, 15) is 10.2 Å². The molecule has 0 amide bonds. The zero-order chi connectivity index (χ0) is 13.4. The van der Waals surface area contributed by atoms with E-state index in [2.05, 4.69) is 0 Å². The van der Waals surface area contributed by atoms with E-state index in [0.29, 0.717) is 25.7 Å². The Hall–Kier alpha value is -0.0800. The van der Waals surface area contributed by atoms with Crippen molar-refractivity contribution in [2.24, 2.45) is 22.7 Å². The Kier molecular flexibility index (Phi) is 1.14. The second-order valence-corrected chi connectivity index (χ2v) is 5.75. The summed E-state index contributed by atoms with van der Waals surface area (Å²) < 4.78 is 30.9. The monoisotopic (exact) mass is 200 g/mol. The van der Waals surface area contributed by atoms with Gasteiger partial charge < -0.3 is 10.2 Å². The maximum atomic E-state index is 9.89. The largest absolute Gasteiger partial charge is 0.396 e. The molecule has 0 unspecified atom stereocenters. The third-order valence-corrected chi connectivity index (χ3v) is 4.54. The first-order valence-electron chi connectivity index (χ1n) is 7.52. The molecule has 14 heavy (non-hydrogen) atoms. The van der Waals surface area contributed by atoms with Crippen LogP contribution in [0.5, 0.6) is 0 Å². The zero-order valence-corrected chi connectivity index (χ0v) is 8.29. The van der Waals surface area contributed by atoms with Crippen LogP contribution in [0.4, 0.5) is 0 Å². The molecule has 0 radical (unpaired) electrons. The second-order valence-electron chi connectivity index (χ2n) is 5.75. The van der Waals surface area contributed by atoms with Gasteiger partial charge in [0.1, 0.15) is 0 Å². The molecule has 0 atom stereocenters. The van der Waals surface area contributed by atoms with E-state index in [-0.39, 0.29) is 18.3 Å². The van der Waals surface area contributed by atoms with Crippen LogP contribution in [0, 0.1) is 22.7 Å². The highest BCUT2D eigenvalue weighted by Crippen LogP contribution is 2.64. The van der Waals surface area contributed by atoms with Gasteiger partial charge in [0.05, 0.1) is 5.48 Å². The molecule has 2 N–H and O–H groups in total. The lowest BCUT2D eigenvalue weighted by molar-refractivity contribution is -0.144. The van der Waals surface area contributed by atoms with Gasteiger partial charge in [0, 0.05) is 13.1 Å². The number of aliphatic hydroxyl groups is 2. The van der Waals surface area contributed by atoms with Crippen molar-refractivity contribution in [3.8, 4) is 0 Å². The Morgan fingerprint density at radius 2 is 1.43 bits per heavy atom. The fourth-order valence-corrected chi connectivity index (χ4v) is 4.52. The summed E-state index contributed by atoms with van der Waals surface area (Å²) in [5, 5.41) is 19.8. The summed E-state index contributed by atoms with van der Waals surface area (Å²) in [4.78, 5) is 0. The van der Waals surface area contributed by atoms with Crippen molar-refractivity contribution in [3.63, 3.8) is 0 Å². The highest BCUT2D eigenvalue weighted by molar-refractivity contribution is 5.07. The van der Waals surface area contributed by atoms with Crippen LogP contribution >= 0.6 is 0 Å². The Morgan fingerprint density at radius 3 is 1.79 bits per heavy atom. The van der Waals surface area contributed by atoms with E-state index in [1.54, 1.807) is 0 Å². The molecule has 0 heterocycles. The molecule has 4 aliphatic carbocycles. The van der Waals surface area contributed by atoms with Crippen molar-refractivity contribution in [1.29, 1.82) is 0 Å². The summed E-state index contributed by atoms with van der Waals surface area (Å²) in [5.41, 5.74) is -1.71. The molecule has 2 heteroatoms. The van der Waals surface area contributed by atoms with Crippen LogP contribution in [0.2, 0.25) is 0 Å². The number of hydrogen-bond donors (Lipinski definition) is 2. The minimum atomic E-state index is -2.28. The molecular formula is C12H20O2. The van der Waals surface area contributed by atoms with Gasteiger partial charge in [0.25, 0.3) is 0 Å². The molecule has 0 aromatic carbocycles. The fraction of sp³-hybridized carbons (Fsp3) is 1.00. The topological polar surface area (TPSA) is 40.5 Å². The average Bonchev–Trinajstić information content (AvgIpc) is 2.11. The van der Waals surface area contributed by atoms with Gasteiger partial charge >= 0.3 is 0 Å². The van der Waals surface area contributed by atoms with E-state index >= 15 is 0 Å². The van der Waals surface area contributed by atoms with Crippen LogP contribution < -0.4 is 0 Å².